The van der Waals surface area contributed by atoms with Crippen LogP contribution in [-0.2, 0) is 11.2 Å². The summed E-state index contributed by atoms with van der Waals surface area (Å²) in [7, 11) is 0. The Labute approximate surface area is 150 Å². The molecule has 4 nitrogen and oxygen atoms in total. The van der Waals surface area contributed by atoms with Crippen LogP contribution in [0.2, 0.25) is 0 Å². The maximum Gasteiger partial charge on any atom is 0.258 e. The Morgan fingerprint density at radius 2 is 1.83 bits per heavy atom. The van der Waals surface area contributed by atoms with Gasteiger partial charge in [0.1, 0.15) is 5.75 Å². The van der Waals surface area contributed by atoms with Gasteiger partial charge in [0.15, 0.2) is 6.61 Å². The molecule has 2 fully saturated rings. The zero-order valence-electron chi connectivity index (χ0n) is 14.4. The molecule has 2 aliphatic rings. The Kier molecular flexibility index (Phi) is 6.93. The molecule has 0 spiro atoms. The summed E-state index contributed by atoms with van der Waals surface area (Å²) in [5, 5.41) is 3.21. The predicted octanol–water partition coefficient (Wildman–Crippen LogP) is 3.07. The summed E-state index contributed by atoms with van der Waals surface area (Å²) in [5.74, 6) is 1.83. The molecule has 2 aliphatic carbocycles. The molecule has 1 aromatic carbocycles. The molecule has 24 heavy (non-hydrogen) atoms. The highest BCUT2D eigenvalue weighted by molar-refractivity contribution is 5.85. The van der Waals surface area contributed by atoms with Crippen molar-refractivity contribution < 1.29 is 9.53 Å². The van der Waals surface area contributed by atoms with Crippen molar-refractivity contribution in [2.24, 2.45) is 17.6 Å². The van der Waals surface area contributed by atoms with E-state index in [4.69, 9.17) is 10.5 Å². The molecule has 3 rings (SSSR count). The normalized spacial score (nSPS) is 28.6. The minimum atomic E-state index is -0.0121. The third-order valence-corrected chi connectivity index (χ3v) is 5.41. The number of amides is 1. The molecule has 0 aromatic heterocycles. The Hall–Kier alpha value is -1.26. The summed E-state index contributed by atoms with van der Waals surface area (Å²) in [4.78, 5) is 12.3. The fourth-order valence-corrected chi connectivity index (χ4v) is 4.22. The van der Waals surface area contributed by atoms with Crippen LogP contribution in [0.4, 0.5) is 0 Å². The third-order valence-electron chi connectivity index (χ3n) is 5.41. The first kappa shape index (κ1) is 19.1. The average Bonchev–Trinajstić information content (AvgIpc) is 2.54. The van der Waals surface area contributed by atoms with Gasteiger partial charge in [-0.25, -0.2) is 0 Å². The van der Waals surface area contributed by atoms with Gasteiger partial charge < -0.3 is 15.8 Å². The van der Waals surface area contributed by atoms with E-state index < -0.39 is 0 Å². The Bertz CT molecular complexity index is 521. The van der Waals surface area contributed by atoms with Crippen LogP contribution in [0.5, 0.6) is 5.75 Å². The summed E-state index contributed by atoms with van der Waals surface area (Å²) in [6.07, 6.45) is 6.74. The van der Waals surface area contributed by atoms with Crippen LogP contribution in [0.15, 0.2) is 24.3 Å². The molecular formula is C19H29ClN2O2. The second-order valence-electron chi connectivity index (χ2n) is 7.06. The van der Waals surface area contributed by atoms with E-state index in [-0.39, 0.29) is 24.9 Å². The van der Waals surface area contributed by atoms with Crippen molar-refractivity contribution in [3.8, 4) is 5.75 Å². The number of rotatable bonds is 5. The van der Waals surface area contributed by atoms with Gasteiger partial charge in [0.05, 0.1) is 0 Å². The summed E-state index contributed by atoms with van der Waals surface area (Å²) in [5.41, 5.74) is 7.41. The average molecular weight is 353 g/mol. The number of halogens is 1. The number of carbonyl (C=O) groups excluding carboxylic acids is 1. The molecule has 3 N–H and O–H groups in total. The number of carbonyl (C=O) groups is 1. The van der Waals surface area contributed by atoms with Gasteiger partial charge in [-0.2, -0.15) is 0 Å². The minimum Gasteiger partial charge on any atom is -0.484 e. The van der Waals surface area contributed by atoms with E-state index in [0.29, 0.717) is 23.9 Å². The largest absolute Gasteiger partial charge is 0.484 e. The van der Waals surface area contributed by atoms with Gasteiger partial charge in [0.2, 0.25) is 0 Å². The highest BCUT2D eigenvalue weighted by atomic mass is 35.5. The number of nitrogens with two attached hydrogens (primary N) is 1. The van der Waals surface area contributed by atoms with Crippen molar-refractivity contribution in [1.82, 2.24) is 5.32 Å². The van der Waals surface area contributed by atoms with E-state index in [1.54, 1.807) is 0 Å². The summed E-state index contributed by atoms with van der Waals surface area (Å²) in [6.45, 7) is 2.21. The van der Waals surface area contributed by atoms with Crippen LogP contribution < -0.4 is 15.8 Å². The zero-order valence-corrected chi connectivity index (χ0v) is 15.2. The van der Waals surface area contributed by atoms with E-state index in [1.807, 2.05) is 24.3 Å². The molecule has 1 amide bonds. The molecule has 2 atom stereocenters. The van der Waals surface area contributed by atoms with Crippen LogP contribution >= 0.6 is 12.4 Å². The molecule has 5 heteroatoms. The van der Waals surface area contributed by atoms with Crippen molar-refractivity contribution >= 4 is 18.3 Å². The highest BCUT2D eigenvalue weighted by Crippen LogP contribution is 2.39. The van der Waals surface area contributed by atoms with Crippen molar-refractivity contribution in [3.05, 3.63) is 29.8 Å². The Balaban J connectivity index is 0.00000208. The maximum absolute atomic E-state index is 12.3. The molecular weight excluding hydrogens is 324 g/mol. The van der Waals surface area contributed by atoms with Gasteiger partial charge in [-0.15, -0.1) is 12.4 Å². The lowest BCUT2D eigenvalue weighted by Gasteiger charge is -2.45. The lowest BCUT2D eigenvalue weighted by molar-refractivity contribution is -0.125. The van der Waals surface area contributed by atoms with E-state index >= 15 is 0 Å². The number of nitrogens with one attached hydrogen (secondary N) is 1. The van der Waals surface area contributed by atoms with Crippen molar-refractivity contribution in [2.45, 2.75) is 57.5 Å². The summed E-state index contributed by atoms with van der Waals surface area (Å²) in [6, 6.07) is 8.55. The monoisotopic (exact) mass is 352 g/mol. The maximum atomic E-state index is 12.3. The van der Waals surface area contributed by atoms with Gasteiger partial charge in [0.25, 0.3) is 5.91 Å². The minimum absolute atomic E-state index is 0. The van der Waals surface area contributed by atoms with Crippen LogP contribution in [-0.4, -0.2) is 24.6 Å². The number of aryl methyl sites for hydroxylation is 1. The smallest absolute Gasteiger partial charge is 0.258 e. The van der Waals surface area contributed by atoms with E-state index in [9.17, 15) is 4.79 Å². The zero-order chi connectivity index (χ0) is 16.2. The molecule has 0 saturated heterocycles. The van der Waals surface area contributed by atoms with E-state index in [0.717, 1.165) is 25.0 Å². The molecule has 0 aliphatic heterocycles. The van der Waals surface area contributed by atoms with Crippen molar-refractivity contribution in [2.75, 3.05) is 6.61 Å². The fourth-order valence-electron chi connectivity index (χ4n) is 4.22. The summed E-state index contributed by atoms with van der Waals surface area (Å²) >= 11 is 0. The topological polar surface area (TPSA) is 64.3 Å². The van der Waals surface area contributed by atoms with Crippen LogP contribution in [0.3, 0.4) is 0 Å². The van der Waals surface area contributed by atoms with E-state index in [1.165, 1.54) is 24.8 Å². The molecule has 2 saturated carbocycles. The van der Waals surface area contributed by atoms with Gasteiger partial charge in [0, 0.05) is 12.1 Å². The van der Waals surface area contributed by atoms with Crippen LogP contribution in [0.1, 0.15) is 44.6 Å². The summed E-state index contributed by atoms with van der Waals surface area (Å²) < 4.78 is 5.62. The molecule has 0 heterocycles. The quantitative estimate of drug-likeness (QED) is 0.855. The first-order chi connectivity index (χ1) is 11.2. The van der Waals surface area contributed by atoms with Gasteiger partial charge in [-0.3, -0.25) is 4.79 Å². The number of ether oxygens (including phenoxy) is 1. The van der Waals surface area contributed by atoms with Crippen molar-refractivity contribution in [1.29, 1.82) is 0 Å². The number of fused-ring (bicyclic) bond motifs is 2. The Morgan fingerprint density at radius 1 is 1.21 bits per heavy atom. The lowest BCUT2D eigenvalue weighted by Crippen LogP contribution is -2.54. The van der Waals surface area contributed by atoms with Crippen LogP contribution in [0.25, 0.3) is 0 Å². The van der Waals surface area contributed by atoms with Crippen molar-refractivity contribution in [3.63, 3.8) is 0 Å². The Morgan fingerprint density at radius 3 is 2.42 bits per heavy atom. The first-order valence-corrected chi connectivity index (χ1v) is 8.92. The molecule has 2 unspecified atom stereocenters. The second-order valence-corrected chi connectivity index (χ2v) is 7.06. The predicted molar refractivity (Wildman–Crippen MR) is 98.5 cm³/mol. The highest BCUT2D eigenvalue weighted by Gasteiger charge is 2.39. The van der Waals surface area contributed by atoms with Gasteiger partial charge >= 0.3 is 0 Å². The number of hydrogen-bond donors (Lipinski definition) is 2. The second kappa shape index (κ2) is 8.72. The van der Waals surface area contributed by atoms with Crippen LogP contribution in [0, 0.1) is 11.8 Å². The standard InChI is InChI=1S/C19H28N2O2.ClH/c1-2-13-6-8-17(9-7-13)23-12-18(22)21-19-14-4-3-5-15(19)11-16(20)10-14;/h6-9,14-16,19H,2-5,10-12,20H2,1H3,(H,21,22);1H. The first-order valence-electron chi connectivity index (χ1n) is 8.92. The molecule has 1 aromatic rings. The number of benzene rings is 1. The van der Waals surface area contributed by atoms with Gasteiger partial charge in [-0.05, 0) is 61.6 Å². The third kappa shape index (κ3) is 4.64. The molecule has 2 bridgehead atoms. The van der Waals surface area contributed by atoms with E-state index in [2.05, 4.69) is 12.2 Å². The molecule has 0 radical (unpaired) electrons. The lowest BCUT2D eigenvalue weighted by atomic mass is 9.67. The fraction of sp³-hybridized carbons (Fsp3) is 0.632. The SMILES string of the molecule is CCc1ccc(OCC(=O)NC2C3CCCC2CC(N)C3)cc1.Cl. The molecule has 134 valence electrons. The number of hydrogen-bond acceptors (Lipinski definition) is 3. The van der Waals surface area contributed by atoms with Gasteiger partial charge in [-0.1, -0.05) is 25.5 Å².